The second kappa shape index (κ2) is 37.7. The van der Waals surface area contributed by atoms with E-state index in [9.17, 15) is 43.5 Å². The number of morpholine rings is 1. The molecule has 2 saturated heterocycles. The minimum atomic E-state index is -1.62. The largest absolute Gasteiger partial charge is 0.450 e. The predicted molar refractivity (Wildman–Crippen MR) is 348 cm³/mol. The Balaban J connectivity index is 2.99. The first-order chi connectivity index (χ1) is 42.2. The van der Waals surface area contributed by atoms with Crippen molar-refractivity contribution in [2.24, 2.45) is 47.3 Å². The first kappa shape index (κ1) is 81.1. The van der Waals surface area contributed by atoms with E-state index >= 15 is 14.4 Å². The maximum absolute atomic E-state index is 15.3. The number of hydrogen-bond acceptors (Lipinski definition) is 15. The molecule has 12 atom stereocenters. The summed E-state index contributed by atoms with van der Waals surface area (Å²) in [6, 6.07) is -11.5. The van der Waals surface area contributed by atoms with E-state index in [0.29, 0.717) is 39.3 Å². The molecule has 2 heterocycles. The van der Waals surface area contributed by atoms with Crippen LogP contribution in [0.15, 0.2) is 0 Å². The van der Waals surface area contributed by atoms with Gasteiger partial charge in [-0.3, -0.25) is 52.8 Å². The molecule has 0 spiro atoms. The lowest BCUT2D eigenvalue weighted by atomic mass is 9.91. The van der Waals surface area contributed by atoms with E-state index in [4.69, 9.17) is 9.47 Å². The number of amides is 10. The fraction of sp³-hybridized carbons (Fsp3) is 0.833. The second-order valence-electron chi connectivity index (χ2n) is 28.5. The summed E-state index contributed by atoms with van der Waals surface area (Å²) in [5.41, 5.74) is 0. The van der Waals surface area contributed by atoms with Crippen molar-refractivity contribution >= 4 is 65.0 Å². The fourth-order valence-electron chi connectivity index (χ4n) is 11.7. The van der Waals surface area contributed by atoms with Crippen molar-refractivity contribution < 1.29 is 67.3 Å². The average Bonchev–Trinajstić information content (AvgIpc) is 0.932. The van der Waals surface area contributed by atoms with Crippen LogP contribution in [-0.4, -0.2) is 253 Å². The number of esters is 1. The summed E-state index contributed by atoms with van der Waals surface area (Å²) in [6.45, 7) is 32.6. The normalized spacial score (nSPS) is 27.0. The van der Waals surface area contributed by atoms with Crippen molar-refractivity contribution in [2.75, 3.05) is 81.7 Å². The number of carbonyl (C=O) groups excluding carboxylic acids is 11. The monoisotopic (exact) mass is 1290 g/mol. The van der Waals surface area contributed by atoms with Crippen molar-refractivity contribution in [3.05, 3.63) is 0 Å². The number of carbonyl (C=O) groups is 11. The maximum Gasteiger partial charge on any atom is 0.329 e. The Bertz CT molecular complexity index is 2430. The van der Waals surface area contributed by atoms with Gasteiger partial charge >= 0.3 is 5.97 Å². The summed E-state index contributed by atoms with van der Waals surface area (Å²) in [5.74, 6) is -10.6. The van der Waals surface area contributed by atoms with Gasteiger partial charge in [0.1, 0.15) is 54.4 Å². The molecule has 2 aliphatic rings. The van der Waals surface area contributed by atoms with Gasteiger partial charge in [-0.15, -0.1) is 0 Å². The number of aliphatic hydroxyl groups excluding tert-OH is 1. The summed E-state index contributed by atoms with van der Waals surface area (Å²) in [4.78, 5) is 171. The van der Waals surface area contributed by atoms with Crippen molar-refractivity contribution in [2.45, 2.75) is 229 Å². The Labute approximate surface area is 544 Å². The van der Waals surface area contributed by atoms with Gasteiger partial charge in [-0.1, -0.05) is 111 Å². The van der Waals surface area contributed by atoms with Gasteiger partial charge < -0.3 is 65.2 Å². The van der Waals surface area contributed by atoms with E-state index in [-0.39, 0.29) is 68.1 Å². The summed E-state index contributed by atoms with van der Waals surface area (Å²) in [5, 5.41) is 23.7. The van der Waals surface area contributed by atoms with Gasteiger partial charge in [0.25, 0.3) is 5.91 Å². The number of aliphatic hydroxyl groups is 1. The molecule has 0 unspecified atom stereocenters. The van der Waals surface area contributed by atoms with E-state index in [2.05, 4.69) is 26.2 Å². The van der Waals surface area contributed by atoms with E-state index in [0.717, 1.165) is 9.80 Å². The van der Waals surface area contributed by atoms with Gasteiger partial charge in [-0.2, -0.15) is 0 Å². The molecule has 522 valence electrons. The first-order valence-electron chi connectivity index (χ1n) is 33.2. The Kier molecular flexibility index (Phi) is 33.6. The molecule has 10 amide bonds. The van der Waals surface area contributed by atoms with Crippen LogP contribution in [0.25, 0.3) is 0 Å². The second-order valence-corrected chi connectivity index (χ2v) is 28.5. The molecule has 2 rings (SSSR count). The van der Waals surface area contributed by atoms with Gasteiger partial charge in [0, 0.05) is 55.4 Å². The third kappa shape index (κ3) is 24.2. The molecule has 0 bridgehead atoms. The zero-order valence-electron chi connectivity index (χ0n) is 59.5. The number of cyclic esters (lactones) is 1. The van der Waals surface area contributed by atoms with Crippen LogP contribution in [0.4, 0.5) is 0 Å². The van der Waals surface area contributed by atoms with Crippen LogP contribution in [0.2, 0.25) is 0 Å². The number of hydrogen-bond donors (Lipinski definition) is 5. The molecule has 91 heavy (non-hydrogen) atoms. The lowest BCUT2D eigenvalue weighted by molar-refractivity contribution is -0.166. The topological polar surface area (TPSA) is 297 Å². The summed E-state index contributed by atoms with van der Waals surface area (Å²) < 4.78 is 11.5. The molecule has 0 aromatic heterocycles. The molecule has 0 aromatic rings. The van der Waals surface area contributed by atoms with Crippen LogP contribution in [0.3, 0.4) is 0 Å². The lowest BCUT2D eigenvalue weighted by Crippen LogP contribution is -2.63. The Morgan fingerprint density at radius 1 is 0.473 bits per heavy atom. The lowest BCUT2D eigenvalue weighted by Gasteiger charge is -2.40. The van der Waals surface area contributed by atoms with Gasteiger partial charge in [0.2, 0.25) is 53.2 Å². The van der Waals surface area contributed by atoms with Gasteiger partial charge in [0.15, 0.2) is 6.10 Å². The van der Waals surface area contributed by atoms with E-state index in [1.165, 1.54) is 68.8 Å². The molecule has 0 radical (unpaired) electrons. The van der Waals surface area contributed by atoms with E-state index < -0.39 is 156 Å². The number of nitrogens with one attached hydrogen (secondary N) is 4. The van der Waals surface area contributed by atoms with E-state index in [1.54, 1.807) is 41.5 Å². The van der Waals surface area contributed by atoms with Crippen molar-refractivity contribution in [1.29, 1.82) is 0 Å². The number of likely N-dealkylation sites (N-methyl/N-ethyl adjacent to an activating group) is 6. The molecule has 0 aromatic carbocycles. The number of nitrogens with zero attached hydrogens (tertiary/aromatic N) is 7. The average molecular weight is 1290 g/mol. The molecule has 2 aliphatic heterocycles. The van der Waals surface area contributed by atoms with Crippen LogP contribution in [0.5, 0.6) is 0 Å². The quantitative estimate of drug-likeness (QED) is 0.123. The third-order valence-corrected chi connectivity index (χ3v) is 17.3. The Morgan fingerprint density at radius 2 is 0.879 bits per heavy atom. The summed E-state index contributed by atoms with van der Waals surface area (Å²) >= 11 is 0. The Morgan fingerprint density at radius 3 is 1.31 bits per heavy atom. The Hall–Kier alpha value is -5.95. The summed E-state index contributed by atoms with van der Waals surface area (Å²) in [6.07, 6.45) is -1.89. The first-order valence-corrected chi connectivity index (χ1v) is 33.2. The molecular weight excluding hydrogens is 1170 g/mol. The fourth-order valence-corrected chi connectivity index (χ4v) is 11.7. The van der Waals surface area contributed by atoms with Gasteiger partial charge in [-0.05, 0) is 106 Å². The highest BCUT2D eigenvalue weighted by Crippen LogP contribution is 2.25. The van der Waals surface area contributed by atoms with Crippen LogP contribution in [0, 0.1) is 47.3 Å². The molecule has 5 N–H and O–H groups in total. The zero-order valence-corrected chi connectivity index (χ0v) is 59.5. The number of ether oxygens (including phenoxy) is 2. The highest BCUT2D eigenvalue weighted by atomic mass is 16.6. The molecule has 0 saturated carbocycles. The smallest absolute Gasteiger partial charge is 0.329 e. The minimum absolute atomic E-state index is 0.0177. The molecule has 0 aliphatic carbocycles. The minimum Gasteiger partial charge on any atom is -0.450 e. The van der Waals surface area contributed by atoms with Gasteiger partial charge in [0.05, 0.1) is 25.9 Å². The van der Waals surface area contributed by atoms with Crippen molar-refractivity contribution in [1.82, 2.24) is 55.6 Å². The van der Waals surface area contributed by atoms with Crippen molar-refractivity contribution in [3.63, 3.8) is 0 Å². The molecule has 25 nitrogen and oxygen atoms in total. The summed E-state index contributed by atoms with van der Waals surface area (Å²) in [7, 11) is 8.44. The van der Waals surface area contributed by atoms with Crippen LogP contribution < -0.4 is 21.3 Å². The van der Waals surface area contributed by atoms with Gasteiger partial charge in [-0.25, -0.2) is 4.79 Å². The van der Waals surface area contributed by atoms with Crippen LogP contribution in [-0.2, 0) is 62.2 Å². The predicted octanol–water partition coefficient (Wildman–Crippen LogP) is 3.14. The number of rotatable bonds is 18. The zero-order chi connectivity index (χ0) is 69.8. The van der Waals surface area contributed by atoms with Crippen LogP contribution >= 0.6 is 0 Å². The highest BCUT2D eigenvalue weighted by molar-refractivity contribution is 5.99. The maximum atomic E-state index is 15.3. The van der Waals surface area contributed by atoms with E-state index in [1.807, 2.05) is 69.2 Å². The standard InChI is InChI=1S/C66H119N11O14/c1-24-46-61(84)71(18)36-52(78)72(19)49(33-39(6)7)58(81)69-47(31-37(2)3)62(85)73(20)50(34-40(8)9)57(80)67-45(17)66(89)91-56(43(14)15)65(88)74(21)51(35-41(10)11)59(82)70-48(32-38(4)5)63(86)75(22)53(42(12)13)64(87)76(23)54(60(83)68-46)55(79)44(16)25-26-77-27-29-90-30-28-77/h37-51,53-56,79H,24-36H2,1-23H3,(H,67,80)(H,68,83)(H,69,81)(H,70,82)/t44-,45+,46+,47+,48-,49+,50+,51+,53+,54+,55-,56-/m1/s1. The van der Waals surface area contributed by atoms with Crippen LogP contribution in [0.1, 0.15) is 163 Å². The molecule has 25 heteroatoms. The molecular formula is C66H119N11O14. The molecule has 2 fully saturated rings. The van der Waals surface area contributed by atoms with Crippen molar-refractivity contribution in [3.8, 4) is 0 Å². The third-order valence-electron chi connectivity index (χ3n) is 17.3. The SMILES string of the molecule is CC[C@@H]1NC(=O)[C@H]([C@H](O)[C@H](C)CCN2CCOCC2)N(C)C(=O)[C@H](C(C)C)N(C)C(=O)[C@@H](CC(C)C)NC(=O)[C@H](CC(C)C)N(C)C(=O)[C@@H](C(C)C)OC(=O)[C@H](C)NC(=O)[C@H](CC(C)C)N(C)C(=O)[C@H](CC(C)C)NC(=O)[C@H](CC(C)C)N(C)C(=O)CN(C)C1=O. The highest BCUT2D eigenvalue weighted by Gasteiger charge is 2.45.